The van der Waals surface area contributed by atoms with Crippen molar-refractivity contribution in [2.75, 3.05) is 38.1 Å². The largest absolute Gasteiger partial charge is 0.444 e. The number of anilines is 1. The number of likely N-dealkylation sites (tertiary alicyclic amines) is 2. The van der Waals surface area contributed by atoms with Crippen molar-refractivity contribution in [1.82, 2.24) is 19.8 Å². The van der Waals surface area contributed by atoms with Gasteiger partial charge in [0.05, 0.1) is 30.7 Å². The number of rotatable bonds is 6. The van der Waals surface area contributed by atoms with Gasteiger partial charge in [-0.3, -0.25) is 9.78 Å². The average molecular weight is 496 g/mol. The number of nitrogens with zero attached hydrogens (tertiary/aromatic N) is 4. The molecule has 0 radical (unpaired) electrons. The van der Waals surface area contributed by atoms with Crippen LogP contribution in [-0.4, -0.2) is 81.3 Å². The fourth-order valence-corrected chi connectivity index (χ4v) is 4.71. The molecule has 0 saturated carbocycles. The van der Waals surface area contributed by atoms with Crippen LogP contribution < -0.4 is 5.32 Å². The Morgan fingerprint density at radius 3 is 2.39 bits per heavy atom. The summed E-state index contributed by atoms with van der Waals surface area (Å²) >= 11 is 0. The molecule has 0 bridgehead atoms. The highest BCUT2D eigenvalue weighted by Gasteiger charge is 2.29. The summed E-state index contributed by atoms with van der Waals surface area (Å²) < 4.78 is 5.46. The number of hydrogen-bond acceptors (Lipinski definition) is 7. The maximum atomic E-state index is 12.8. The van der Waals surface area contributed by atoms with E-state index in [2.05, 4.69) is 15.3 Å². The molecule has 4 rings (SSSR count). The number of carbonyl (C=O) groups excluding carboxylic acids is 2. The third-order valence-electron chi connectivity index (χ3n) is 6.77. The quantitative estimate of drug-likeness (QED) is 0.628. The van der Waals surface area contributed by atoms with Gasteiger partial charge in [-0.15, -0.1) is 0 Å². The maximum Gasteiger partial charge on any atom is 0.410 e. The van der Waals surface area contributed by atoms with Gasteiger partial charge in [-0.05, 0) is 64.5 Å². The monoisotopic (exact) mass is 495 g/mol. The van der Waals surface area contributed by atoms with Crippen LogP contribution in [0.25, 0.3) is 11.3 Å². The standard InChI is InChI=1S/C27H37N5O4/c1-27(2,3)36-26(35)31-13-10-19(11-14-31)15-29-24-17-28-23(16-30-24)20-6-8-21(9-7-20)25(34)32-12-4-5-22(32)18-33/h6-9,16-17,19,22,33H,4-5,10-15,18H2,1-3H3,(H,29,30)/t22-/m0/s1. The molecule has 2 aromatic rings. The van der Waals surface area contributed by atoms with Gasteiger partial charge in [-0.1, -0.05) is 12.1 Å². The number of aromatic nitrogens is 2. The van der Waals surface area contributed by atoms with Crippen molar-refractivity contribution in [2.24, 2.45) is 5.92 Å². The molecule has 1 aromatic heterocycles. The van der Waals surface area contributed by atoms with Gasteiger partial charge in [-0.25, -0.2) is 9.78 Å². The minimum absolute atomic E-state index is 0.00503. The number of ether oxygens (including phenoxy) is 1. The van der Waals surface area contributed by atoms with Crippen LogP contribution in [0.2, 0.25) is 0 Å². The first-order valence-corrected chi connectivity index (χ1v) is 12.8. The Balaban J connectivity index is 1.25. The van der Waals surface area contributed by atoms with Crippen LogP contribution in [0.15, 0.2) is 36.7 Å². The second-order valence-corrected chi connectivity index (χ2v) is 10.6. The lowest BCUT2D eigenvalue weighted by Gasteiger charge is -2.33. The Kier molecular flexibility index (Phi) is 8.08. The molecule has 2 saturated heterocycles. The van der Waals surface area contributed by atoms with Crippen molar-refractivity contribution in [3.05, 3.63) is 42.2 Å². The lowest BCUT2D eigenvalue weighted by Crippen LogP contribution is -2.42. The van der Waals surface area contributed by atoms with Crippen molar-refractivity contribution in [2.45, 2.75) is 58.1 Å². The lowest BCUT2D eigenvalue weighted by molar-refractivity contribution is 0.0188. The fourth-order valence-electron chi connectivity index (χ4n) is 4.71. The molecule has 1 atom stereocenters. The number of carbonyl (C=O) groups is 2. The van der Waals surface area contributed by atoms with E-state index in [4.69, 9.17) is 4.74 Å². The number of piperidine rings is 1. The van der Waals surface area contributed by atoms with Gasteiger partial charge in [-0.2, -0.15) is 0 Å². The molecule has 2 fully saturated rings. The molecule has 36 heavy (non-hydrogen) atoms. The first-order chi connectivity index (χ1) is 17.2. The van der Waals surface area contributed by atoms with Crippen molar-refractivity contribution < 1.29 is 19.4 Å². The highest BCUT2D eigenvalue weighted by molar-refractivity contribution is 5.95. The fraction of sp³-hybridized carbons (Fsp3) is 0.556. The number of benzene rings is 1. The highest BCUT2D eigenvalue weighted by atomic mass is 16.6. The molecule has 1 aromatic carbocycles. The van der Waals surface area contributed by atoms with Gasteiger partial charge >= 0.3 is 6.09 Å². The molecule has 2 N–H and O–H groups in total. The van der Waals surface area contributed by atoms with Gasteiger partial charge in [0, 0.05) is 37.3 Å². The van der Waals surface area contributed by atoms with Crippen LogP contribution in [0, 0.1) is 5.92 Å². The maximum absolute atomic E-state index is 12.8. The Hall–Kier alpha value is -3.20. The van der Waals surface area contributed by atoms with E-state index in [0.717, 1.165) is 43.5 Å². The van der Waals surface area contributed by atoms with E-state index in [1.807, 2.05) is 45.0 Å². The highest BCUT2D eigenvalue weighted by Crippen LogP contribution is 2.23. The van der Waals surface area contributed by atoms with Crippen LogP contribution >= 0.6 is 0 Å². The van der Waals surface area contributed by atoms with E-state index in [-0.39, 0.29) is 24.6 Å². The molecule has 0 spiro atoms. The Labute approximate surface area is 212 Å². The molecule has 2 aliphatic heterocycles. The first kappa shape index (κ1) is 25.9. The first-order valence-electron chi connectivity index (χ1n) is 12.8. The number of hydrogen-bond donors (Lipinski definition) is 2. The van der Waals surface area contributed by atoms with Gasteiger partial charge in [0.25, 0.3) is 5.91 Å². The Morgan fingerprint density at radius 1 is 1.06 bits per heavy atom. The van der Waals surface area contributed by atoms with Gasteiger partial charge in [0.15, 0.2) is 0 Å². The molecule has 3 heterocycles. The second-order valence-electron chi connectivity index (χ2n) is 10.6. The second kappa shape index (κ2) is 11.2. The summed E-state index contributed by atoms with van der Waals surface area (Å²) in [5.41, 5.74) is 1.76. The minimum atomic E-state index is -0.475. The number of amides is 2. The van der Waals surface area contributed by atoms with E-state index in [1.165, 1.54) is 0 Å². The number of nitrogens with one attached hydrogen (secondary N) is 1. The van der Waals surface area contributed by atoms with E-state index < -0.39 is 5.60 Å². The zero-order valence-corrected chi connectivity index (χ0v) is 21.4. The normalized spacial score (nSPS) is 18.8. The molecule has 0 unspecified atom stereocenters. The smallest absolute Gasteiger partial charge is 0.410 e. The summed E-state index contributed by atoms with van der Waals surface area (Å²) in [5, 5.41) is 12.9. The van der Waals surface area contributed by atoms with E-state index in [9.17, 15) is 14.7 Å². The van der Waals surface area contributed by atoms with Gasteiger partial charge in [0.1, 0.15) is 11.4 Å². The Bertz CT molecular complexity index is 1030. The summed E-state index contributed by atoms with van der Waals surface area (Å²) in [5.74, 6) is 1.13. The van der Waals surface area contributed by atoms with Crippen LogP contribution in [-0.2, 0) is 4.74 Å². The average Bonchev–Trinajstić information content (AvgIpc) is 3.36. The third kappa shape index (κ3) is 6.51. The topological polar surface area (TPSA) is 108 Å². The minimum Gasteiger partial charge on any atom is -0.444 e. The number of aliphatic hydroxyl groups is 1. The molecule has 9 heteroatoms. The zero-order valence-electron chi connectivity index (χ0n) is 21.4. The molecule has 2 aliphatic rings. The van der Waals surface area contributed by atoms with Gasteiger partial charge < -0.3 is 25.0 Å². The van der Waals surface area contributed by atoms with E-state index in [1.54, 1.807) is 22.2 Å². The van der Waals surface area contributed by atoms with E-state index >= 15 is 0 Å². The SMILES string of the molecule is CC(C)(C)OC(=O)N1CCC(CNc2cnc(-c3ccc(C(=O)N4CCC[C@H]4CO)cc3)cn2)CC1. The zero-order chi connectivity index (χ0) is 25.7. The van der Waals surface area contributed by atoms with Crippen LogP contribution in [0.3, 0.4) is 0 Å². The predicted octanol–water partition coefficient (Wildman–Crippen LogP) is 3.80. The molecule has 194 valence electrons. The van der Waals surface area contributed by atoms with Crippen LogP contribution in [0.5, 0.6) is 0 Å². The molecule has 9 nitrogen and oxygen atoms in total. The van der Waals surface area contributed by atoms with Crippen molar-refractivity contribution in [1.29, 1.82) is 0 Å². The van der Waals surface area contributed by atoms with Crippen molar-refractivity contribution >= 4 is 17.8 Å². The third-order valence-corrected chi connectivity index (χ3v) is 6.77. The van der Waals surface area contributed by atoms with Crippen molar-refractivity contribution in [3.8, 4) is 11.3 Å². The van der Waals surface area contributed by atoms with Crippen molar-refractivity contribution in [3.63, 3.8) is 0 Å². The van der Waals surface area contributed by atoms with Crippen LogP contribution in [0.4, 0.5) is 10.6 Å². The molecule has 2 amide bonds. The van der Waals surface area contributed by atoms with Gasteiger partial charge in [0.2, 0.25) is 0 Å². The van der Waals surface area contributed by atoms with E-state index in [0.29, 0.717) is 36.9 Å². The summed E-state index contributed by atoms with van der Waals surface area (Å²) in [6.07, 6.45) is 6.82. The molecule has 0 aliphatic carbocycles. The predicted molar refractivity (Wildman–Crippen MR) is 138 cm³/mol. The summed E-state index contributed by atoms with van der Waals surface area (Å²) in [7, 11) is 0. The molecular weight excluding hydrogens is 458 g/mol. The summed E-state index contributed by atoms with van der Waals surface area (Å²) in [6.45, 7) is 8.51. The van der Waals surface area contributed by atoms with Crippen LogP contribution in [0.1, 0.15) is 56.8 Å². The number of aliphatic hydroxyl groups excluding tert-OH is 1. The summed E-state index contributed by atoms with van der Waals surface area (Å²) in [6, 6.07) is 7.30. The molecular formula is C27H37N5O4. The Morgan fingerprint density at radius 2 is 1.78 bits per heavy atom. The summed E-state index contributed by atoms with van der Waals surface area (Å²) in [4.78, 5) is 37.6. The lowest BCUT2D eigenvalue weighted by atomic mass is 9.97.